The summed E-state index contributed by atoms with van der Waals surface area (Å²) in [6.45, 7) is 1.99. The molecule has 1 aromatic rings. The number of nitrogens with two attached hydrogens (primary N) is 2. The first kappa shape index (κ1) is 18.0. The van der Waals surface area contributed by atoms with Gasteiger partial charge in [-0.05, 0) is 43.0 Å². The van der Waals surface area contributed by atoms with Crippen molar-refractivity contribution in [2.75, 3.05) is 7.05 Å². The molecule has 0 fully saturated rings. The second-order valence-electron chi connectivity index (χ2n) is 2.64. The first-order valence-corrected chi connectivity index (χ1v) is 5.02. The normalized spacial score (nSPS) is 7.76. The van der Waals surface area contributed by atoms with Gasteiger partial charge in [-0.15, -0.1) is 0 Å². The highest BCUT2D eigenvalue weighted by Gasteiger charge is 1.86. The molecule has 1 aromatic heterocycles. The Bertz CT molecular complexity index is 317. The molecule has 0 radical (unpaired) electrons. The third-order valence-corrected chi connectivity index (χ3v) is 1.49. The van der Waals surface area contributed by atoms with Crippen LogP contribution in [0, 0.1) is 6.92 Å². The third kappa shape index (κ3) is 17.2. The van der Waals surface area contributed by atoms with E-state index in [-0.39, 0.29) is 10.3 Å². The molecule has 0 bridgehead atoms. The van der Waals surface area contributed by atoms with Gasteiger partial charge >= 0.3 is 0 Å². The van der Waals surface area contributed by atoms with E-state index in [0.29, 0.717) is 0 Å². The van der Waals surface area contributed by atoms with E-state index in [1.165, 1.54) is 12.6 Å². The molecule has 0 aliphatic carbocycles. The minimum Gasteiger partial charge on any atom is -0.486 e. The minimum absolute atomic E-state index is 0.296. The van der Waals surface area contributed by atoms with Crippen molar-refractivity contribution in [2.45, 2.75) is 6.92 Å². The van der Waals surface area contributed by atoms with E-state index in [2.05, 4.69) is 30.3 Å². The van der Waals surface area contributed by atoms with E-state index in [9.17, 15) is 0 Å². The first-order valence-electron chi connectivity index (χ1n) is 4.21. The molecule has 0 saturated heterocycles. The molecule has 9 heteroatoms. The van der Waals surface area contributed by atoms with Crippen molar-refractivity contribution < 1.29 is 14.6 Å². The molecule has 0 aromatic carbocycles. The van der Waals surface area contributed by atoms with Crippen LogP contribution >= 0.6 is 24.4 Å². The molecule has 0 amide bonds. The van der Waals surface area contributed by atoms with Gasteiger partial charge in [0, 0.05) is 7.05 Å². The van der Waals surface area contributed by atoms with Crippen molar-refractivity contribution in [1.82, 2.24) is 10.4 Å². The predicted octanol–water partition coefficient (Wildman–Crippen LogP) is 0.515. The standard InChI is InChI=1S/C5H6O.C2H6N2OS.CH4N2OS/c1-5-2-3-6-4-5;1-4(3)2(5)6;2-3-1(4)5/h2-4H,1H3;3H2,1H3,(H,5,6);2H2,(H2,3,4,5). The van der Waals surface area contributed by atoms with Crippen LogP contribution in [-0.4, -0.2) is 32.6 Å². The van der Waals surface area contributed by atoms with Crippen molar-refractivity contribution in [2.24, 2.45) is 11.7 Å². The van der Waals surface area contributed by atoms with E-state index in [0.717, 1.165) is 5.01 Å². The van der Waals surface area contributed by atoms with Gasteiger partial charge in [0.2, 0.25) is 0 Å². The molecular formula is C8H16N4O3S2. The molecule has 17 heavy (non-hydrogen) atoms. The maximum atomic E-state index is 8.16. The molecular weight excluding hydrogens is 264 g/mol. The predicted molar refractivity (Wildman–Crippen MR) is 73.2 cm³/mol. The summed E-state index contributed by atoms with van der Waals surface area (Å²) >= 11 is 8.19. The SMILES string of the molecule is CN(N)C(O)=S.Cc1ccoc1.NNC(O)=S. The fraction of sp³-hybridized carbons (Fsp3) is 0.250. The van der Waals surface area contributed by atoms with E-state index in [4.69, 9.17) is 20.5 Å². The van der Waals surface area contributed by atoms with Crippen LogP contribution in [0.2, 0.25) is 0 Å². The number of aliphatic hydroxyl groups excluding tert-OH is 2. The number of nitrogens with one attached hydrogen (secondary N) is 1. The molecule has 0 atom stereocenters. The summed E-state index contributed by atoms with van der Waals surface area (Å²) in [6.07, 6.45) is 3.37. The van der Waals surface area contributed by atoms with Gasteiger partial charge < -0.3 is 14.6 Å². The molecule has 1 heterocycles. The monoisotopic (exact) mass is 280 g/mol. The highest BCUT2D eigenvalue weighted by atomic mass is 32.1. The number of hydrogen-bond donors (Lipinski definition) is 5. The third-order valence-electron chi connectivity index (χ3n) is 1.09. The highest BCUT2D eigenvalue weighted by molar-refractivity contribution is 7.80. The fourth-order valence-electron chi connectivity index (χ4n) is 0.333. The van der Waals surface area contributed by atoms with E-state index in [1.54, 1.807) is 12.5 Å². The highest BCUT2D eigenvalue weighted by Crippen LogP contribution is 1.93. The Balaban J connectivity index is 0. The van der Waals surface area contributed by atoms with Crippen molar-refractivity contribution in [3.8, 4) is 0 Å². The molecule has 7 N–H and O–H groups in total. The first-order chi connectivity index (χ1) is 7.81. The zero-order chi connectivity index (χ0) is 13.8. The van der Waals surface area contributed by atoms with Gasteiger partial charge in [-0.3, -0.25) is 10.4 Å². The average molecular weight is 280 g/mol. The summed E-state index contributed by atoms with van der Waals surface area (Å²) in [7, 11) is 1.46. The van der Waals surface area contributed by atoms with Crippen molar-refractivity contribution in [3.05, 3.63) is 24.2 Å². The van der Waals surface area contributed by atoms with E-state index >= 15 is 0 Å². The molecule has 0 aliphatic heterocycles. The maximum Gasteiger partial charge on any atom is 0.271 e. The number of thiocarbonyl (C=S) groups is 2. The number of hydrogen-bond acceptors (Lipinski definition) is 5. The number of aryl methyl sites for hydroxylation is 1. The molecule has 7 nitrogen and oxygen atoms in total. The molecule has 1 rings (SSSR count). The second kappa shape index (κ2) is 11.1. The van der Waals surface area contributed by atoms with Crippen LogP contribution in [0.3, 0.4) is 0 Å². The van der Waals surface area contributed by atoms with Gasteiger partial charge in [-0.2, -0.15) is 0 Å². The summed E-state index contributed by atoms with van der Waals surface area (Å²) in [5.74, 6) is 9.41. The molecule has 0 aliphatic rings. The van der Waals surface area contributed by atoms with Gasteiger partial charge in [0.25, 0.3) is 10.3 Å². The number of rotatable bonds is 0. The lowest BCUT2D eigenvalue weighted by molar-refractivity contribution is 0.407. The zero-order valence-corrected chi connectivity index (χ0v) is 11.1. The van der Waals surface area contributed by atoms with Crippen LogP contribution in [-0.2, 0) is 0 Å². The van der Waals surface area contributed by atoms with Crippen molar-refractivity contribution >= 4 is 34.8 Å². The zero-order valence-electron chi connectivity index (χ0n) is 9.45. The average Bonchev–Trinajstić information content (AvgIpc) is 2.70. The van der Waals surface area contributed by atoms with Crippen LogP contribution in [0.15, 0.2) is 23.0 Å². The molecule has 0 unspecified atom stereocenters. The lowest BCUT2D eigenvalue weighted by Gasteiger charge is -2.03. The Morgan fingerprint density at radius 3 is 1.94 bits per heavy atom. The summed E-state index contributed by atoms with van der Waals surface area (Å²) in [5, 5.41) is 16.3. The van der Waals surface area contributed by atoms with Crippen molar-refractivity contribution in [3.63, 3.8) is 0 Å². The number of aliphatic hydroxyl groups is 2. The smallest absolute Gasteiger partial charge is 0.271 e. The van der Waals surface area contributed by atoms with Crippen LogP contribution in [0.5, 0.6) is 0 Å². The lowest BCUT2D eigenvalue weighted by Crippen LogP contribution is -2.30. The molecule has 98 valence electrons. The van der Waals surface area contributed by atoms with Gasteiger partial charge in [0.1, 0.15) is 0 Å². The Hall–Kier alpha value is -1.42. The molecule has 0 saturated carbocycles. The van der Waals surface area contributed by atoms with Crippen LogP contribution in [0.25, 0.3) is 0 Å². The topological polar surface area (TPSA) is 121 Å². The van der Waals surface area contributed by atoms with Crippen molar-refractivity contribution in [1.29, 1.82) is 0 Å². The fourth-order valence-corrected chi connectivity index (χ4v) is 0.333. The van der Waals surface area contributed by atoms with Gasteiger partial charge in [0.05, 0.1) is 12.5 Å². The Morgan fingerprint density at radius 2 is 1.88 bits per heavy atom. The number of furan rings is 1. The minimum atomic E-state index is -0.384. The quantitative estimate of drug-likeness (QED) is 0.263. The molecule has 0 spiro atoms. The number of nitrogens with zero attached hydrogens (tertiary/aromatic N) is 1. The van der Waals surface area contributed by atoms with Gasteiger partial charge in [0.15, 0.2) is 0 Å². The maximum absolute atomic E-state index is 8.16. The van der Waals surface area contributed by atoms with E-state index in [1.807, 2.05) is 18.4 Å². The summed E-state index contributed by atoms with van der Waals surface area (Å²) < 4.78 is 4.71. The summed E-state index contributed by atoms with van der Waals surface area (Å²) in [6, 6.07) is 1.92. The second-order valence-corrected chi connectivity index (χ2v) is 3.40. The Morgan fingerprint density at radius 1 is 1.47 bits per heavy atom. The lowest BCUT2D eigenvalue weighted by atomic mass is 10.4. The summed E-state index contributed by atoms with van der Waals surface area (Å²) in [5.41, 5.74) is 2.99. The van der Waals surface area contributed by atoms with Crippen LogP contribution < -0.4 is 17.1 Å². The number of hydrazine groups is 2. The van der Waals surface area contributed by atoms with E-state index < -0.39 is 0 Å². The van der Waals surface area contributed by atoms with Crippen LogP contribution in [0.1, 0.15) is 5.56 Å². The van der Waals surface area contributed by atoms with Gasteiger partial charge in [-0.25, -0.2) is 11.7 Å². The van der Waals surface area contributed by atoms with Gasteiger partial charge in [-0.1, -0.05) is 0 Å². The summed E-state index contributed by atoms with van der Waals surface area (Å²) in [4.78, 5) is 0. The largest absolute Gasteiger partial charge is 0.486 e. The Kier molecular flexibility index (Phi) is 11.7. The Labute approximate surface area is 110 Å². The van der Waals surface area contributed by atoms with Crippen LogP contribution in [0.4, 0.5) is 0 Å².